The third-order valence-corrected chi connectivity index (χ3v) is 2.83. The molecule has 1 fully saturated rings. The summed E-state index contributed by atoms with van der Waals surface area (Å²) in [6.07, 6.45) is 0.907. The molecule has 0 spiro atoms. The largest absolute Gasteiger partial charge is 0.340 e. The maximum atomic E-state index is 13.2. The van der Waals surface area contributed by atoms with E-state index in [4.69, 9.17) is 0 Å². The number of nitrogens with zero attached hydrogens (tertiary/aromatic N) is 1. The predicted octanol–water partition coefficient (Wildman–Crippen LogP) is 1.66. The number of amides is 1. The number of aliphatic imine (C=N–C) groups is 1. The van der Waals surface area contributed by atoms with Crippen molar-refractivity contribution in [3.8, 4) is 0 Å². The lowest BCUT2D eigenvalue weighted by Gasteiger charge is -2.11. The SMILES string of the molecule is CCCN=C1NC(=O)C(c2cc(F)ccc2C)N1. The van der Waals surface area contributed by atoms with E-state index in [0.717, 1.165) is 12.0 Å². The van der Waals surface area contributed by atoms with Crippen LogP contribution in [0.25, 0.3) is 0 Å². The molecule has 0 aromatic heterocycles. The van der Waals surface area contributed by atoms with Crippen LogP contribution >= 0.6 is 0 Å². The average molecular weight is 249 g/mol. The summed E-state index contributed by atoms with van der Waals surface area (Å²) in [5.74, 6) is -0.0711. The molecule has 0 aliphatic carbocycles. The van der Waals surface area contributed by atoms with Gasteiger partial charge in [-0.3, -0.25) is 15.1 Å². The van der Waals surface area contributed by atoms with Gasteiger partial charge >= 0.3 is 0 Å². The standard InChI is InChI=1S/C13H16FN3O/c1-3-6-15-13-16-11(12(18)17-13)10-7-9(14)5-4-8(10)2/h4-5,7,11H,3,6H2,1-2H3,(H2,15,16,17,18). The van der Waals surface area contributed by atoms with Crippen molar-refractivity contribution in [2.24, 2.45) is 4.99 Å². The number of hydrogen-bond acceptors (Lipinski definition) is 2. The number of carbonyl (C=O) groups excluding carboxylic acids is 1. The van der Waals surface area contributed by atoms with Crippen molar-refractivity contribution < 1.29 is 9.18 Å². The highest BCUT2D eigenvalue weighted by Gasteiger charge is 2.30. The Balaban J connectivity index is 2.24. The lowest BCUT2D eigenvalue weighted by atomic mass is 10.0. The van der Waals surface area contributed by atoms with E-state index < -0.39 is 6.04 Å². The number of benzene rings is 1. The molecule has 1 aromatic rings. The van der Waals surface area contributed by atoms with E-state index in [1.54, 1.807) is 6.07 Å². The minimum absolute atomic E-state index is 0.196. The normalized spacial score (nSPS) is 20.9. The van der Waals surface area contributed by atoms with E-state index in [1.807, 2.05) is 13.8 Å². The predicted molar refractivity (Wildman–Crippen MR) is 67.7 cm³/mol. The zero-order valence-corrected chi connectivity index (χ0v) is 10.5. The number of halogens is 1. The third kappa shape index (κ3) is 2.50. The fourth-order valence-electron chi connectivity index (χ4n) is 1.88. The van der Waals surface area contributed by atoms with Crippen molar-refractivity contribution >= 4 is 11.9 Å². The summed E-state index contributed by atoms with van der Waals surface area (Å²) in [6, 6.07) is 3.88. The summed E-state index contributed by atoms with van der Waals surface area (Å²) in [7, 11) is 0. The Bertz CT molecular complexity index is 499. The van der Waals surface area contributed by atoms with Crippen LogP contribution < -0.4 is 10.6 Å². The van der Waals surface area contributed by atoms with Gasteiger partial charge in [-0.05, 0) is 36.6 Å². The van der Waals surface area contributed by atoms with Crippen LogP contribution in [0.15, 0.2) is 23.2 Å². The first kappa shape index (κ1) is 12.5. The van der Waals surface area contributed by atoms with E-state index in [1.165, 1.54) is 12.1 Å². The molecule has 1 saturated heterocycles. The molecule has 0 radical (unpaired) electrons. The van der Waals surface area contributed by atoms with Crippen LogP contribution in [0.2, 0.25) is 0 Å². The topological polar surface area (TPSA) is 53.5 Å². The molecule has 1 heterocycles. The van der Waals surface area contributed by atoms with Gasteiger partial charge in [0.05, 0.1) is 0 Å². The van der Waals surface area contributed by atoms with Crippen molar-refractivity contribution in [1.29, 1.82) is 0 Å². The first-order valence-electron chi connectivity index (χ1n) is 5.99. The summed E-state index contributed by atoms with van der Waals surface area (Å²) in [5, 5.41) is 5.64. The number of carbonyl (C=O) groups is 1. The van der Waals surface area contributed by atoms with Gasteiger partial charge in [0, 0.05) is 6.54 Å². The van der Waals surface area contributed by atoms with Gasteiger partial charge in [0.25, 0.3) is 5.91 Å². The maximum Gasteiger partial charge on any atom is 0.253 e. The highest BCUT2D eigenvalue weighted by Crippen LogP contribution is 2.21. The summed E-state index contributed by atoms with van der Waals surface area (Å²) in [4.78, 5) is 16.0. The molecule has 1 atom stereocenters. The van der Waals surface area contributed by atoms with Gasteiger partial charge in [-0.1, -0.05) is 13.0 Å². The molecule has 1 amide bonds. The highest BCUT2D eigenvalue weighted by molar-refractivity contribution is 6.06. The Morgan fingerprint density at radius 1 is 1.44 bits per heavy atom. The molecule has 1 unspecified atom stereocenters. The molecule has 2 N–H and O–H groups in total. The Labute approximate surface area is 105 Å². The average Bonchev–Trinajstić information content (AvgIpc) is 2.71. The van der Waals surface area contributed by atoms with Crippen LogP contribution in [0.4, 0.5) is 4.39 Å². The second-order valence-corrected chi connectivity index (χ2v) is 4.30. The zero-order chi connectivity index (χ0) is 13.1. The molecule has 1 aromatic carbocycles. The van der Waals surface area contributed by atoms with Gasteiger partial charge in [-0.15, -0.1) is 0 Å². The molecule has 18 heavy (non-hydrogen) atoms. The minimum Gasteiger partial charge on any atom is -0.340 e. The number of rotatable bonds is 3. The molecule has 1 aliphatic rings. The maximum absolute atomic E-state index is 13.2. The van der Waals surface area contributed by atoms with E-state index in [9.17, 15) is 9.18 Å². The fourth-order valence-corrected chi connectivity index (χ4v) is 1.88. The molecule has 0 bridgehead atoms. The number of aryl methyl sites for hydroxylation is 1. The second-order valence-electron chi connectivity index (χ2n) is 4.30. The number of guanidine groups is 1. The van der Waals surface area contributed by atoms with E-state index in [2.05, 4.69) is 15.6 Å². The molecule has 96 valence electrons. The third-order valence-electron chi connectivity index (χ3n) is 2.83. The van der Waals surface area contributed by atoms with Gasteiger partial charge in [0.2, 0.25) is 0 Å². The Morgan fingerprint density at radius 3 is 2.94 bits per heavy atom. The number of nitrogens with one attached hydrogen (secondary N) is 2. The molecule has 5 heteroatoms. The lowest BCUT2D eigenvalue weighted by molar-refractivity contribution is -0.120. The van der Waals surface area contributed by atoms with Crippen molar-refractivity contribution in [3.05, 3.63) is 35.1 Å². The van der Waals surface area contributed by atoms with E-state index in [0.29, 0.717) is 18.1 Å². The smallest absolute Gasteiger partial charge is 0.253 e. The van der Waals surface area contributed by atoms with Crippen molar-refractivity contribution in [2.75, 3.05) is 6.54 Å². The first-order chi connectivity index (χ1) is 8.61. The van der Waals surface area contributed by atoms with E-state index >= 15 is 0 Å². The van der Waals surface area contributed by atoms with Crippen LogP contribution in [0.1, 0.15) is 30.5 Å². The molecule has 4 nitrogen and oxygen atoms in total. The van der Waals surface area contributed by atoms with Gasteiger partial charge in [0.15, 0.2) is 5.96 Å². The Hall–Kier alpha value is -1.91. The monoisotopic (exact) mass is 249 g/mol. The van der Waals surface area contributed by atoms with Gasteiger partial charge < -0.3 is 5.32 Å². The summed E-state index contributed by atoms with van der Waals surface area (Å²) >= 11 is 0. The lowest BCUT2D eigenvalue weighted by Crippen LogP contribution is -2.25. The Morgan fingerprint density at radius 2 is 2.22 bits per heavy atom. The minimum atomic E-state index is -0.559. The van der Waals surface area contributed by atoms with E-state index in [-0.39, 0.29) is 11.7 Å². The van der Waals surface area contributed by atoms with Crippen LogP contribution in [-0.4, -0.2) is 18.4 Å². The highest BCUT2D eigenvalue weighted by atomic mass is 19.1. The quantitative estimate of drug-likeness (QED) is 0.856. The van der Waals surface area contributed by atoms with Gasteiger partial charge in [-0.2, -0.15) is 0 Å². The number of hydrogen-bond donors (Lipinski definition) is 2. The molecule has 0 saturated carbocycles. The van der Waals surface area contributed by atoms with Crippen LogP contribution in [0.3, 0.4) is 0 Å². The molecule has 2 rings (SSSR count). The van der Waals surface area contributed by atoms with Crippen LogP contribution in [0.5, 0.6) is 0 Å². The van der Waals surface area contributed by atoms with Gasteiger partial charge in [0.1, 0.15) is 11.9 Å². The summed E-state index contributed by atoms with van der Waals surface area (Å²) in [5.41, 5.74) is 1.52. The van der Waals surface area contributed by atoms with Crippen LogP contribution in [0, 0.1) is 12.7 Å². The zero-order valence-electron chi connectivity index (χ0n) is 10.5. The Kier molecular flexibility index (Phi) is 3.60. The molecular formula is C13H16FN3O. The summed E-state index contributed by atoms with van der Waals surface area (Å²) in [6.45, 7) is 4.51. The van der Waals surface area contributed by atoms with Crippen molar-refractivity contribution in [2.45, 2.75) is 26.3 Å². The van der Waals surface area contributed by atoms with Gasteiger partial charge in [-0.25, -0.2) is 4.39 Å². The summed E-state index contributed by atoms with van der Waals surface area (Å²) < 4.78 is 13.2. The molecular weight excluding hydrogens is 233 g/mol. The van der Waals surface area contributed by atoms with Crippen molar-refractivity contribution in [1.82, 2.24) is 10.6 Å². The van der Waals surface area contributed by atoms with Crippen LogP contribution in [-0.2, 0) is 4.79 Å². The second kappa shape index (κ2) is 5.16. The fraction of sp³-hybridized carbons (Fsp3) is 0.385. The molecule has 1 aliphatic heterocycles. The van der Waals surface area contributed by atoms with Crippen molar-refractivity contribution in [3.63, 3.8) is 0 Å². The first-order valence-corrected chi connectivity index (χ1v) is 5.99.